The van der Waals surface area contributed by atoms with E-state index in [0.29, 0.717) is 18.7 Å². The first-order valence-electron chi connectivity index (χ1n) is 4.25. The van der Waals surface area contributed by atoms with Crippen LogP contribution in [0.25, 0.3) is 0 Å². The molecule has 70 valence electrons. The summed E-state index contributed by atoms with van der Waals surface area (Å²) in [6.45, 7) is 1.08. The average molecular weight is 181 g/mol. The lowest BCUT2D eigenvalue weighted by molar-refractivity contribution is 0.0705. The van der Waals surface area contributed by atoms with Crippen LogP contribution in [-0.2, 0) is 6.42 Å². The number of H-pyrrole nitrogens is 1. The van der Waals surface area contributed by atoms with Crippen LogP contribution in [0.1, 0.15) is 16.1 Å². The lowest BCUT2D eigenvalue weighted by atomic mass is 10.1. The van der Waals surface area contributed by atoms with E-state index in [1.54, 1.807) is 11.1 Å². The van der Waals surface area contributed by atoms with Gasteiger partial charge in [0.15, 0.2) is 0 Å². The van der Waals surface area contributed by atoms with Crippen LogP contribution in [0, 0.1) is 0 Å². The molecule has 2 heterocycles. The third kappa shape index (κ3) is 1.31. The number of rotatable bonds is 2. The highest BCUT2D eigenvalue weighted by Gasteiger charge is 2.24. The predicted octanol–water partition coefficient (Wildman–Crippen LogP) is -0.600. The number of aliphatic hydroxyl groups is 1. The summed E-state index contributed by atoms with van der Waals surface area (Å²) in [4.78, 5) is 13.3. The van der Waals surface area contributed by atoms with Gasteiger partial charge in [-0.05, 0) is 0 Å². The summed E-state index contributed by atoms with van der Waals surface area (Å²) in [6.07, 6.45) is 2.34. The lowest BCUT2D eigenvalue weighted by Gasteiger charge is -2.25. The maximum atomic E-state index is 11.6. The summed E-state index contributed by atoms with van der Waals surface area (Å²) < 4.78 is 0. The monoisotopic (exact) mass is 181 g/mol. The highest BCUT2D eigenvalue weighted by Crippen LogP contribution is 2.15. The number of β-amino-alcohol motifs (C(OH)–C–C–N with tert-alkyl or cyclic N) is 1. The van der Waals surface area contributed by atoms with Gasteiger partial charge >= 0.3 is 0 Å². The molecule has 2 rings (SSSR count). The molecule has 1 amide bonds. The molecule has 0 aromatic carbocycles. The van der Waals surface area contributed by atoms with Crippen molar-refractivity contribution in [3.8, 4) is 0 Å². The minimum atomic E-state index is -0.0379. The molecule has 0 aliphatic carbocycles. The van der Waals surface area contributed by atoms with E-state index in [4.69, 9.17) is 5.11 Å². The molecule has 0 fully saturated rings. The average Bonchev–Trinajstić information content (AvgIpc) is 2.58. The number of aromatic amines is 1. The first kappa shape index (κ1) is 8.25. The molecule has 0 saturated heterocycles. The number of carbonyl (C=O) groups is 1. The highest BCUT2D eigenvalue weighted by molar-refractivity contribution is 5.96. The van der Waals surface area contributed by atoms with E-state index >= 15 is 0 Å². The van der Waals surface area contributed by atoms with Crippen LogP contribution in [0.4, 0.5) is 0 Å². The van der Waals surface area contributed by atoms with Gasteiger partial charge in [0.2, 0.25) is 0 Å². The largest absolute Gasteiger partial charge is 0.395 e. The number of nitrogens with one attached hydrogen (secondary N) is 1. The molecule has 0 atom stereocenters. The Kier molecular flexibility index (Phi) is 2.02. The number of aliphatic hydroxyl groups excluding tert-OH is 1. The van der Waals surface area contributed by atoms with Crippen molar-refractivity contribution in [3.05, 3.63) is 17.5 Å². The number of hydrogen-bond acceptors (Lipinski definition) is 3. The molecule has 0 radical (unpaired) electrons. The van der Waals surface area contributed by atoms with Gasteiger partial charge in [0.25, 0.3) is 5.91 Å². The smallest absolute Gasteiger partial charge is 0.257 e. The van der Waals surface area contributed by atoms with Crippen molar-refractivity contribution in [1.29, 1.82) is 0 Å². The molecule has 0 bridgehead atoms. The van der Waals surface area contributed by atoms with Crippen LogP contribution in [0.2, 0.25) is 0 Å². The van der Waals surface area contributed by atoms with Crippen molar-refractivity contribution in [2.24, 2.45) is 0 Å². The molecule has 2 N–H and O–H groups in total. The Labute approximate surface area is 75.4 Å². The van der Waals surface area contributed by atoms with Crippen LogP contribution >= 0.6 is 0 Å². The number of hydrogen-bond donors (Lipinski definition) is 2. The molecule has 13 heavy (non-hydrogen) atoms. The fourth-order valence-corrected chi connectivity index (χ4v) is 1.54. The molecule has 1 aromatic heterocycles. The number of carbonyl (C=O) groups excluding carboxylic acids is 1. The number of amides is 1. The zero-order valence-corrected chi connectivity index (χ0v) is 7.16. The summed E-state index contributed by atoms with van der Waals surface area (Å²) >= 11 is 0. The molecule has 0 saturated carbocycles. The van der Waals surface area contributed by atoms with Crippen molar-refractivity contribution in [2.75, 3.05) is 19.7 Å². The molecule has 0 unspecified atom stereocenters. The van der Waals surface area contributed by atoms with Crippen LogP contribution in [0.5, 0.6) is 0 Å². The van der Waals surface area contributed by atoms with Crippen LogP contribution in [0.3, 0.4) is 0 Å². The van der Waals surface area contributed by atoms with E-state index in [2.05, 4.69) is 10.2 Å². The van der Waals surface area contributed by atoms with E-state index in [0.717, 1.165) is 12.1 Å². The minimum Gasteiger partial charge on any atom is -0.395 e. The van der Waals surface area contributed by atoms with Crippen molar-refractivity contribution in [3.63, 3.8) is 0 Å². The second-order valence-electron chi connectivity index (χ2n) is 3.03. The summed E-state index contributed by atoms with van der Waals surface area (Å²) in [5.74, 6) is -0.0379. The summed E-state index contributed by atoms with van der Waals surface area (Å²) in [5.41, 5.74) is 1.54. The van der Waals surface area contributed by atoms with Crippen LogP contribution in [-0.4, -0.2) is 45.8 Å². The topological polar surface area (TPSA) is 69.2 Å². The Balaban J connectivity index is 2.22. The van der Waals surface area contributed by atoms with E-state index < -0.39 is 0 Å². The van der Waals surface area contributed by atoms with Gasteiger partial charge in [-0.3, -0.25) is 9.89 Å². The van der Waals surface area contributed by atoms with Gasteiger partial charge in [0, 0.05) is 25.2 Å². The Morgan fingerprint density at radius 2 is 2.54 bits per heavy atom. The van der Waals surface area contributed by atoms with E-state index in [1.165, 1.54) is 0 Å². The van der Waals surface area contributed by atoms with Gasteiger partial charge in [-0.1, -0.05) is 0 Å². The molecule has 1 aliphatic heterocycles. The maximum absolute atomic E-state index is 11.6. The molecule has 5 nitrogen and oxygen atoms in total. The predicted molar refractivity (Wildman–Crippen MR) is 45.3 cm³/mol. The minimum absolute atomic E-state index is 0.0128. The first-order chi connectivity index (χ1) is 6.33. The fraction of sp³-hybridized carbons (Fsp3) is 0.500. The second kappa shape index (κ2) is 3.18. The SMILES string of the molecule is O=C1c2cn[nH]c2CCN1CCO. The van der Waals surface area contributed by atoms with E-state index in [-0.39, 0.29) is 12.5 Å². The van der Waals surface area contributed by atoms with Crippen LogP contribution < -0.4 is 0 Å². The lowest BCUT2D eigenvalue weighted by Crippen LogP contribution is -2.38. The molecular formula is C8H11N3O2. The van der Waals surface area contributed by atoms with Crippen LogP contribution in [0.15, 0.2) is 6.20 Å². The molecule has 1 aliphatic rings. The second-order valence-corrected chi connectivity index (χ2v) is 3.03. The van der Waals surface area contributed by atoms with Gasteiger partial charge < -0.3 is 10.0 Å². The summed E-state index contributed by atoms with van der Waals surface area (Å²) in [6, 6.07) is 0. The van der Waals surface area contributed by atoms with Gasteiger partial charge in [0.05, 0.1) is 18.4 Å². The standard InChI is InChI=1S/C8H11N3O2/c12-4-3-11-2-1-7-6(8(11)13)5-9-10-7/h5,12H,1-4H2,(H,9,10). The van der Waals surface area contributed by atoms with Gasteiger partial charge in [-0.2, -0.15) is 5.10 Å². The molecular weight excluding hydrogens is 170 g/mol. The van der Waals surface area contributed by atoms with Gasteiger partial charge in [0.1, 0.15) is 0 Å². The summed E-state index contributed by atoms with van der Waals surface area (Å²) in [5, 5.41) is 15.3. The normalized spacial score (nSPS) is 16.1. The van der Waals surface area contributed by atoms with Crippen molar-refractivity contribution >= 4 is 5.91 Å². The van der Waals surface area contributed by atoms with Gasteiger partial charge in [-0.15, -0.1) is 0 Å². The van der Waals surface area contributed by atoms with E-state index in [9.17, 15) is 4.79 Å². The third-order valence-corrected chi connectivity index (χ3v) is 2.24. The molecule has 1 aromatic rings. The van der Waals surface area contributed by atoms with Crippen molar-refractivity contribution in [1.82, 2.24) is 15.1 Å². The van der Waals surface area contributed by atoms with Crippen molar-refractivity contribution < 1.29 is 9.90 Å². The highest BCUT2D eigenvalue weighted by atomic mass is 16.3. The quantitative estimate of drug-likeness (QED) is 0.640. The third-order valence-electron chi connectivity index (χ3n) is 2.24. The van der Waals surface area contributed by atoms with E-state index in [1.807, 2.05) is 0 Å². The first-order valence-corrected chi connectivity index (χ1v) is 4.25. The Bertz CT molecular complexity index is 321. The molecule has 5 heteroatoms. The van der Waals surface area contributed by atoms with Gasteiger partial charge in [-0.25, -0.2) is 0 Å². The number of fused-ring (bicyclic) bond motifs is 1. The number of nitrogens with zero attached hydrogens (tertiary/aromatic N) is 2. The Hall–Kier alpha value is -1.36. The fourth-order valence-electron chi connectivity index (χ4n) is 1.54. The molecule has 0 spiro atoms. The number of aromatic nitrogens is 2. The zero-order chi connectivity index (χ0) is 9.26. The summed E-state index contributed by atoms with van der Waals surface area (Å²) in [7, 11) is 0. The zero-order valence-electron chi connectivity index (χ0n) is 7.16. The maximum Gasteiger partial charge on any atom is 0.257 e. The van der Waals surface area contributed by atoms with Crippen molar-refractivity contribution in [2.45, 2.75) is 6.42 Å². The Morgan fingerprint density at radius 1 is 1.69 bits per heavy atom. The Morgan fingerprint density at radius 3 is 3.31 bits per heavy atom.